The van der Waals surface area contributed by atoms with Crippen molar-refractivity contribution in [3.8, 4) is 0 Å². The van der Waals surface area contributed by atoms with Crippen molar-refractivity contribution < 1.29 is 9.18 Å². The summed E-state index contributed by atoms with van der Waals surface area (Å²) in [5.74, 6) is -0.580. The van der Waals surface area contributed by atoms with Crippen molar-refractivity contribution in [2.24, 2.45) is 0 Å². The summed E-state index contributed by atoms with van der Waals surface area (Å²) < 4.78 is 13.9. The van der Waals surface area contributed by atoms with Crippen LogP contribution in [0.25, 0.3) is 0 Å². The van der Waals surface area contributed by atoms with Gasteiger partial charge in [0.2, 0.25) is 0 Å². The van der Waals surface area contributed by atoms with E-state index in [9.17, 15) is 9.18 Å². The molecule has 0 aliphatic carbocycles. The topological polar surface area (TPSA) is 17.1 Å². The molecule has 0 atom stereocenters. The van der Waals surface area contributed by atoms with E-state index < -0.39 is 5.82 Å². The largest absolute Gasteiger partial charge is 0.294 e. The number of carbonyl (C=O) groups is 1. The molecule has 0 unspecified atom stereocenters. The summed E-state index contributed by atoms with van der Waals surface area (Å²) in [6, 6.07) is 10.9. The van der Waals surface area contributed by atoms with Crippen molar-refractivity contribution in [1.82, 2.24) is 0 Å². The molecule has 0 N–H and O–H groups in total. The molecule has 0 saturated carbocycles. The molecule has 2 aromatic rings. The van der Waals surface area contributed by atoms with Crippen LogP contribution in [0.1, 0.15) is 32.6 Å². The van der Waals surface area contributed by atoms with Crippen LogP contribution in [0, 0.1) is 26.6 Å². The number of Topliss-reactive ketones (excluding diaryl/α,β-unsaturated/α-hetero) is 1. The zero-order valence-electron chi connectivity index (χ0n) is 11.5. The highest BCUT2D eigenvalue weighted by atomic mass is 19.1. The van der Waals surface area contributed by atoms with Gasteiger partial charge in [-0.3, -0.25) is 4.79 Å². The van der Waals surface area contributed by atoms with Crippen molar-refractivity contribution in [3.05, 3.63) is 70.0 Å². The third kappa shape index (κ3) is 3.08. The monoisotopic (exact) mass is 256 g/mol. The number of aryl methyl sites for hydroxylation is 3. The molecular formula is C17H17FO. The van der Waals surface area contributed by atoms with Gasteiger partial charge in [-0.05, 0) is 38.0 Å². The molecule has 0 aliphatic rings. The summed E-state index contributed by atoms with van der Waals surface area (Å²) in [6.07, 6.45) is 0.239. The van der Waals surface area contributed by atoms with Gasteiger partial charge in [-0.25, -0.2) is 4.39 Å². The van der Waals surface area contributed by atoms with Gasteiger partial charge >= 0.3 is 0 Å². The van der Waals surface area contributed by atoms with Crippen LogP contribution >= 0.6 is 0 Å². The Kier molecular flexibility index (Phi) is 3.79. The Morgan fingerprint density at radius 1 is 1.05 bits per heavy atom. The molecule has 0 spiro atoms. The highest BCUT2D eigenvalue weighted by Crippen LogP contribution is 2.16. The molecule has 19 heavy (non-hydrogen) atoms. The van der Waals surface area contributed by atoms with Crippen molar-refractivity contribution in [1.29, 1.82) is 0 Å². The number of hydrogen-bond donors (Lipinski definition) is 0. The SMILES string of the molecule is Cc1cc(C)cc(CC(=O)c2cccc(C)c2F)c1. The number of carbonyl (C=O) groups excluding carboxylic acids is 1. The minimum Gasteiger partial charge on any atom is -0.294 e. The van der Waals surface area contributed by atoms with Gasteiger partial charge in [0.05, 0.1) is 5.56 Å². The third-order valence-electron chi connectivity index (χ3n) is 3.14. The summed E-state index contributed by atoms with van der Waals surface area (Å²) in [7, 11) is 0. The zero-order chi connectivity index (χ0) is 14.0. The van der Waals surface area contributed by atoms with Crippen LogP contribution in [0.4, 0.5) is 4.39 Å². The summed E-state index contributed by atoms with van der Waals surface area (Å²) >= 11 is 0. The van der Waals surface area contributed by atoms with Crippen LogP contribution in [-0.4, -0.2) is 5.78 Å². The fourth-order valence-corrected chi connectivity index (χ4v) is 2.31. The Labute approximate surface area is 113 Å². The van der Waals surface area contributed by atoms with Gasteiger partial charge in [-0.1, -0.05) is 41.5 Å². The van der Waals surface area contributed by atoms with Gasteiger partial charge in [0, 0.05) is 6.42 Å². The molecule has 0 aliphatic heterocycles. The second-order valence-electron chi connectivity index (χ2n) is 5.03. The van der Waals surface area contributed by atoms with Crippen molar-refractivity contribution in [2.45, 2.75) is 27.2 Å². The average Bonchev–Trinajstić information content (AvgIpc) is 2.31. The van der Waals surface area contributed by atoms with E-state index in [4.69, 9.17) is 0 Å². The Morgan fingerprint density at radius 2 is 1.68 bits per heavy atom. The van der Waals surface area contributed by atoms with E-state index in [1.54, 1.807) is 25.1 Å². The summed E-state index contributed by atoms with van der Waals surface area (Å²) in [6.45, 7) is 5.66. The molecule has 98 valence electrons. The first-order valence-corrected chi connectivity index (χ1v) is 6.33. The molecule has 0 amide bonds. The van der Waals surface area contributed by atoms with E-state index in [2.05, 4.69) is 6.07 Å². The van der Waals surface area contributed by atoms with Gasteiger partial charge in [0.15, 0.2) is 5.78 Å². The molecule has 2 rings (SSSR count). The summed E-state index contributed by atoms with van der Waals surface area (Å²) in [4.78, 5) is 12.2. The predicted octanol–water partition coefficient (Wildman–Crippen LogP) is 4.18. The number of ketones is 1. The Morgan fingerprint density at radius 3 is 2.32 bits per heavy atom. The van der Waals surface area contributed by atoms with Gasteiger partial charge in [0.25, 0.3) is 0 Å². The van der Waals surface area contributed by atoms with E-state index in [0.717, 1.165) is 16.7 Å². The highest BCUT2D eigenvalue weighted by molar-refractivity contribution is 5.98. The summed E-state index contributed by atoms with van der Waals surface area (Å²) in [5.41, 5.74) is 3.86. The van der Waals surface area contributed by atoms with Gasteiger partial charge < -0.3 is 0 Å². The van der Waals surface area contributed by atoms with Crippen LogP contribution in [0.3, 0.4) is 0 Å². The predicted molar refractivity (Wildman–Crippen MR) is 75.1 cm³/mol. The second kappa shape index (κ2) is 5.35. The standard InChI is InChI=1S/C17H17FO/c1-11-7-12(2)9-14(8-11)10-16(19)15-6-4-5-13(3)17(15)18/h4-9H,10H2,1-3H3. The Bertz CT molecular complexity index is 609. The fraction of sp³-hybridized carbons (Fsp3) is 0.235. The average molecular weight is 256 g/mol. The summed E-state index contributed by atoms with van der Waals surface area (Å²) in [5, 5.41) is 0. The normalized spacial score (nSPS) is 10.5. The molecule has 0 fully saturated rings. The van der Waals surface area contributed by atoms with Gasteiger partial charge in [-0.2, -0.15) is 0 Å². The van der Waals surface area contributed by atoms with Crippen LogP contribution in [0.5, 0.6) is 0 Å². The highest BCUT2D eigenvalue weighted by Gasteiger charge is 2.13. The van der Waals surface area contributed by atoms with Crippen LogP contribution in [0.15, 0.2) is 36.4 Å². The molecule has 1 nitrogen and oxygen atoms in total. The van der Waals surface area contributed by atoms with Crippen LogP contribution in [0.2, 0.25) is 0 Å². The number of halogens is 1. The third-order valence-corrected chi connectivity index (χ3v) is 3.14. The second-order valence-corrected chi connectivity index (χ2v) is 5.03. The Balaban J connectivity index is 2.28. The minimum atomic E-state index is -0.406. The first-order valence-electron chi connectivity index (χ1n) is 6.33. The molecule has 0 bridgehead atoms. The molecule has 2 heteroatoms. The lowest BCUT2D eigenvalue weighted by Crippen LogP contribution is -2.07. The van der Waals surface area contributed by atoms with Crippen LogP contribution in [-0.2, 0) is 6.42 Å². The number of hydrogen-bond acceptors (Lipinski definition) is 1. The first kappa shape index (κ1) is 13.5. The molecule has 0 saturated heterocycles. The lowest BCUT2D eigenvalue weighted by atomic mass is 9.98. The van der Waals surface area contributed by atoms with E-state index in [1.165, 1.54) is 0 Å². The smallest absolute Gasteiger partial charge is 0.170 e. The zero-order valence-corrected chi connectivity index (χ0v) is 11.5. The maximum absolute atomic E-state index is 13.9. The Hall–Kier alpha value is -1.96. The maximum atomic E-state index is 13.9. The van der Waals surface area contributed by atoms with Crippen LogP contribution < -0.4 is 0 Å². The lowest BCUT2D eigenvalue weighted by molar-refractivity contribution is 0.0989. The van der Waals surface area contributed by atoms with E-state index >= 15 is 0 Å². The molecule has 0 radical (unpaired) electrons. The van der Waals surface area contributed by atoms with E-state index in [1.807, 2.05) is 26.0 Å². The fourth-order valence-electron chi connectivity index (χ4n) is 2.31. The van der Waals surface area contributed by atoms with E-state index in [-0.39, 0.29) is 17.8 Å². The maximum Gasteiger partial charge on any atom is 0.170 e. The van der Waals surface area contributed by atoms with Crippen molar-refractivity contribution >= 4 is 5.78 Å². The van der Waals surface area contributed by atoms with Gasteiger partial charge in [0.1, 0.15) is 5.82 Å². The molecule has 0 aromatic heterocycles. The lowest BCUT2D eigenvalue weighted by Gasteiger charge is -2.07. The molecular weight excluding hydrogens is 239 g/mol. The first-order chi connectivity index (χ1) is 8.97. The minimum absolute atomic E-state index is 0.175. The molecule has 2 aromatic carbocycles. The number of rotatable bonds is 3. The van der Waals surface area contributed by atoms with Crippen molar-refractivity contribution in [2.75, 3.05) is 0 Å². The number of benzene rings is 2. The van der Waals surface area contributed by atoms with Gasteiger partial charge in [-0.15, -0.1) is 0 Å². The van der Waals surface area contributed by atoms with Crippen molar-refractivity contribution in [3.63, 3.8) is 0 Å². The van der Waals surface area contributed by atoms with E-state index in [0.29, 0.717) is 5.56 Å². The quantitative estimate of drug-likeness (QED) is 0.753. The molecule has 0 heterocycles.